The number of hydrogen-bond donors (Lipinski definition) is 1. The topological polar surface area (TPSA) is 46.5 Å². The minimum Gasteiger partial charge on any atom is -0.346 e. The molecule has 22 heavy (non-hydrogen) atoms. The summed E-state index contributed by atoms with van der Waals surface area (Å²) >= 11 is 0. The van der Waals surface area contributed by atoms with E-state index < -0.39 is 0 Å². The molecule has 0 saturated carbocycles. The number of nitrogens with one attached hydrogen (secondary N) is 1. The SMILES string of the molecule is Cc1ccc(C)c(-n2cc(-c3ccnc4[nH]ccc34)cn2)c1. The van der Waals surface area contributed by atoms with E-state index in [1.807, 2.05) is 35.4 Å². The summed E-state index contributed by atoms with van der Waals surface area (Å²) in [5.41, 5.74) is 6.69. The van der Waals surface area contributed by atoms with Gasteiger partial charge in [-0.15, -0.1) is 0 Å². The number of hydrogen-bond acceptors (Lipinski definition) is 2. The largest absolute Gasteiger partial charge is 0.346 e. The van der Waals surface area contributed by atoms with Gasteiger partial charge in [0, 0.05) is 29.5 Å². The van der Waals surface area contributed by atoms with E-state index in [4.69, 9.17) is 0 Å². The van der Waals surface area contributed by atoms with E-state index in [2.05, 4.69) is 53.3 Å². The second kappa shape index (κ2) is 4.84. The molecule has 1 N–H and O–H groups in total. The quantitative estimate of drug-likeness (QED) is 0.605. The van der Waals surface area contributed by atoms with Crippen molar-refractivity contribution in [2.75, 3.05) is 0 Å². The number of aryl methyl sites for hydroxylation is 2. The molecule has 0 fully saturated rings. The molecule has 0 aliphatic carbocycles. The first-order valence-corrected chi connectivity index (χ1v) is 7.27. The van der Waals surface area contributed by atoms with E-state index in [1.165, 1.54) is 11.1 Å². The van der Waals surface area contributed by atoms with Gasteiger partial charge < -0.3 is 4.98 Å². The molecule has 0 atom stereocenters. The number of aromatic nitrogens is 4. The predicted octanol–water partition coefficient (Wildman–Crippen LogP) is 4.03. The van der Waals surface area contributed by atoms with Gasteiger partial charge in [0.1, 0.15) is 5.65 Å². The van der Waals surface area contributed by atoms with Crippen molar-refractivity contribution in [2.45, 2.75) is 13.8 Å². The number of pyridine rings is 1. The third-order valence-corrected chi connectivity index (χ3v) is 3.97. The molecule has 3 heterocycles. The van der Waals surface area contributed by atoms with Crippen molar-refractivity contribution in [1.82, 2.24) is 19.7 Å². The molecule has 3 aromatic heterocycles. The lowest BCUT2D eigenvalue weighted by Crippen LogP contribution is -1.97. The summed E-state index contributed by atoms with van der Waals surface area (Å²) in [5.74, 6) is 0. The first-order valence-electron chi connectivity index (χ1n) is 7.27. The molecule has 0 aliphatic heterocycles. The van der Waals surface area contributed by atoms with E-state index in [0.29, 0.717) is 0 Å². The van der Waals surface area contributed by atoms with Gasteiger partial charge in [-0.3, -0.25) is 0 Å². The fourth-order valence-corrected chi connectivity index (χ4v) is 2.77. The van der Waals surface area contributed by atoms with Gasteiger partial charge in [-0.25, -0.2) is 9.67 Å². The van der Waals surface area contributed by atoms with E-state index in [0.717, 1.165) is 27.8 Å². The molecule has 108 valence electrons. The first kappa shape index (κ1) is 12.8. The number of nitrogens with zero attached hydrogens (tertiary/aromatic N) is 3. The Hall–Kier alpha value is -2.88. The molecular weight excluding hydrogens is 272 g/mol. The van der Waals surface area contributed by atoms with Gasteiger partial charge >= 0.3 is 0 Å². The van der Waals surface area contributed by atoms with Crippen molar-refractivity contribution in [1.29, 1.82) is 0 Å². The maximum atomic E-state index is 4.54. The minimum atomic E-state index is 0.900. The molecule has 4 aromatic rings. The average Bonchev–Trinajstić information content (AvgIpc) is 3.17. The lowest BCUT2D eigenvalue weighted by molar-refractivity contribution is 0.871. The average molecular weight is 288 g/mol. The number of aromatic amines is 1. The van der Waals surface area contributed by atoms with Gasteiger partial charge in [0.15, 0.2) is 0 Å². The zero-order valence-electron chi connectivity index (χ0n) is 12.5. The molecule has 0 unspecified atom stereocenters. The maximum Gasteiger partial charge on any atom is 0.137 e. The van der Waals surface area contributed by atoms with Crippen LogP contribution in [0.3, 0.4) is 0 Å². The summed E-state index contributed by atoms with van der Waals surface area (Å²) < 4.78 is 1.94. The van der Waals surface area contributed by atoms with Gasteiger partial charge in [-0.05, 0) is 48.7 Å². The highest BCUT2D eigenvalue weighted by Gasteiger charge is 2.09. The zero-order valence-corrected chi connectivity index (χ0v) is 12.5. The Labute approximate surface area is 128 Å². The van der Waals surface area contributed by atoms with E-state index in [9.17, 15) is 0 Å². The smallest absolute Gasteiger partial charge is 0.137 e. The van der Waals surface area contributed by atoms with E-state index >= 15 is 0 Å². The molecule has 0 saturated heterocycles. The van der Waals surface area contributed by atoms with Crippen LogP contribution in [0, 0.1) is 13.8 Å². The highest BCUT2D eigenvalue weighted by molar-refractivity contribution is 5.92. The van der Waals surface area contributed by atoms with Crippen LogP contribution in [0.25, 0.3) is 27.8 Å². The molecule has 0 aliphatic rings. The van der Waals surface area contributed by atoms with Crippen LogP contribution >= 0.6 is 0 Å². The van der Waals surface area contributed by atoms with Gasteiger partial charge in [0.25, 0.3) is 0 Å². The van der Waals surface area contributed by atoms with Crippen molar-refractivity contribution >= 4 is 11.0 Å². The Bertz CT molecular complexity index is 962. The molecule has 0 amide bonds. The fraction of sp³-hybridized carbons (Fsp3) is 0.111. The van der Waals surface area contributed by atoms with Crippen LogP contribution in [0.5, 0.6) is 0 Å². The van der Waals surface area contributed by atoms with Crippen molar-refractivity contribution < 1.29 is 0 Å². The standard InChI is InChI=1S/C18H16N4/c1-12-3-4-13(2)17(9-12)22-11-14(10-21-22)15-5-7-19-18-16(15)6-8-20-18/h3-11H,1-2H3,(H,19,20). The van der Waals surface area contributed by atoms with Gasteiger partial charge in [0.2, 0.25) is 0 Å². The van der Waals surface area contributed by atoms with Gasteiger partial charge in [-0.1, -0.05) is 12.1 Å². The zero-order chi connectivity index (χ0) is 15.1. The minimum absolute atomic E-state index is 0.900. The summed E-state index contributed by atoms with van der Waals surface area (Å²) in [6, 6.07) is 10.5. The molecule has 4 nitrogen and oxygen atoms in total. The van der Waals surface area contributed by atoms with Crippen LogP contribution in [-0.4, -0.2) is 19.7 Å². The predicted molar refractivity (Wildman–Crippen MR) is 88.1 cm³/mol. The summed E-state index contributed by atoms with van der Waals surface area (Å²) in [6.45, 7) is 4.20. The Kier molecular flexibility index (Phi) is 2.82. The first-order chi connectivity index (χ1) is 10.7. The number of H-pyrrole nitrogens is 1. The Morgan fingerprint density at radius 1 is 1.09 bits per heavy atom. The third-order valence-electron chi connectivity index (χ3n) is 3.97. The van der Waals surface area contributed by atoms with Crippen LogP contribution in [0.1, 0.15) is 11.1 Å². The molecule has 4 rings (SSSR count). The Morgan fingerprint density at radius 3 is 2.91 bits per heavy atom. The number of rotatable bonds is 2. The van der Waals surface area contributed by atoms with Gasteiger partial charge in [0.05, 0.1) is 11.9 Å². The van der Waals surface area contributed by atoms with Gasteiger partial charge in [-0.2, -0.15) is 5.10 Å². The van der Waals surface area contributed by atoms with Crippen LogP contribution in [-0.2, 0) is 0 Å². The summed E-state index contributed by atoms with van der Waals surface area (Å²) in [6.07, 6.45) is 7.72. The van der Waals surface area contributed by atoms with Crippen molar-refractivity contribution in [2.24, 2.45) is 0 Å². The summed E-state index contributed by atoms with van der Waals surface area (Å²) in [7, 11) is 0. The van der Waals surface area contributed by atoms with Crippen molar-refractivity contribution in [3.05, 3.63) is 66.2 Å². The monoisotopic (exact) mass is 288 g/mol. The molecular formula is C18H16N4. The molecule has 0 radical (unpaired) electrons. The third kappa shape index (κ3) is 2.00. The fourth-order valence-electron chi connectivity index (χ4n) is 2.77. The number of fused-ring (bicyclic) bond motifs is 1. The lowest BCUT2D eigenvalue weighted by atomic mass is 10.1. The Morgan fingerprint density at radius 2 is 2.00 bits per heavy atom. The van der Waals surface area contributed by atoms with Crippen molar-refractivity contribution in [3.63, 3.8) is 0 Å². The van der Waals surface area contributed by atoms with Crippen LogP contribution in [0.2, 0.25) is 0 Å². The molecule has 4 heteroatoms. The van der Waals surface area contributed by atoms with Crippen LogP contribution in [0.15, 0.2) is 55.1 Å². The highest BCUT2D eigenvalue weighted by atomic mass is 15.3. The van der Waals surface area contributed by atoms with Crippen LogP contribution < -0.4 is 0 Å². The molecule has 1 aromatic carbocycles. The highest BCUT2D eigenvalue weighted by Crippen LogP contribution is 2.27. The number of benzene rings is 1. The second-order valence-corrected chi connectivity index (χ2v) is 5.56. The molecule has 0 spiro atoms. The normalized spacial score (nSPS) is 11.2. The maximum absolute atomic E-state index is 4.54. The van der Waals surface area contributed by atoms with Crippen molar-refractivity contribution in [3.8, 4) is 16.8 Å². The van der Waals surface area contributed by atoms with Crippen LogP contribution in [0.4, 0.5) is 0 Å². The van der Waals surface area contributed by atoms with E-state index in [1.54, 1.807) is 0 Å². The lowest BCUT2D eigenvalue weighted by Gasteiger charge is -2.06. The summed E-state index contributed by atoms with van der Waals surface area (Å²) in [4.78, 5) is 7.48. The van der Waals surface area contributed by atoms with E-state index in [-0.39, 0.29) is 0 Å². The second-order valence-electron chi connectivity index (χ2n) is 5.56. The Balaban J connectivity index is 1.85. The molecule has 0 bridgehead atoms. The summed E-state index contributed by atoms with van der Waals surface area (Å²) in [5, 5.41) is 5.66.